The number of rotatable bonds is 6. The molecule has 1 aromatic carbocycles. The van der Waals surface area contributed by atoms with Gasteiger partial charge < -0.3 is 27.5 Å². The highest BCUT2D eigenvalue weighted by molar-refractivity contribution is 7.42. The van der Waals surface area contributed by atoms with E-state index in [-0.39, 0.29) is 16.2 Å². The zero-order chi connectivity index (χ0) is 22.2. The Morgan fingerprint density at radius 1 is 0.900 bits per heavy atom. The van der Waals surface area contributed by atoms with Crippen molar-refractivity contribution in [3.8, 4) is 5.75 Å². The summed E-state index contributed by atoms with van der Waals surface area (Å²) in [6.07, 6.45) is 2.00. The summed E-state index contributed by atoms with van der Waals surface area (Å²) < 4.78 is 29.2. The van der Waals surface area contributed by atoms with Gasteiger partial charge in [0.05, 0.1) is 31.8 Å². The molecule has 0 bridgehead atoms. The molecule has 2 saturated heterocycles. The monoisotopic (exact) mass is 458 g/mol. The van der Waals surface area contributed by atoms with E-state index in [0.717, 1.165) is 18.6 Å². The Kier molecular flexibility index (Phi) is 7.52. The van der Waals surface area contributed by atoms with Crippen LogP contribution in [0.3, 0.4) is 0 Å². The minimum atomic E-state index is -1.77. The van der Waals surface area contributed by atoms with E-state index in [4.69, 9.17) is 22.6 Å². The first-order valence-corrected chi connectivity index (χ1v) is 12.9. The fraction of sp³-hybridized carbons (Fsp3) is 0.727. The fourth-order valence-electron chi connectivity index (χ4n) is 3.47. The van der Waals surface area contributed by atoms with Crippen molar-refractivity contribution >= 4 is 17.2 Å². The minimum absolute atomic E-state index is 0.0321. The molecule has 0 unspecified atom stereocenters. The maximum atomic E-state index is 9.47. The third-order valence-electron chi connectivity index (χ3n) is 6.54. The zero-order valence-corrected chi connectivity index (χ0v) is 21.1. The molecular weight excluding hydrogens is 422 g/mol. The topological polar surface area (TPSA) is 66.4 Å². The van der Waals surface area contributed by atoms with Crippen LogP contribution in [0.25, 0.3) is 0 Å². The Hall–Kier alpha value is -0.320. The lowest BCUT2D eigenvalue weighted by molar-refractivity contribution is -0.0684. The number of aryl methyl sites for hydroxylation is 1. The van der Waals surface area contributed by atoms with Gasteiger partial charge in [-0.1, -0.05) is 59.2 Å². The van der Waals surface area contributed by atoms with Gasteiger partial charge in [-0.25, -0.2) is 0 Å². The molecule has 0 atom stereocenters. The Labute approximate surface area is 183 Å². The summed E-state index contributed by atoms with van der Waals surface area (Å²) in [5, 5.41) is 0. The lowest BCUT2D eigenvalue weighted by Crippen LogP contribution is -2.44. The van der Waals surface area contributed by atoms with Crippen molar-refractivity contribution in [1.82, 2.24) is 0 Å². The van der Waals surface area contributed by atoms with Crippen molar-refractivity contribution in [1.29, 1.82) is 0 Å². The molecule has 8 heteroatoms. The summed E-state index contributed by atoms with van der Waals surface area (Å²) in [7, 11) is -3.30. The predicted molar refractivity (Wildman–Crippen MR) is 121 cm³/mol. The smallest absolute Gasteiger partial charge is 0.397 e. The van der Waals surface area contributed by atoms with Gasteiger partial charge in [-0.15, -0.1) is 0 Å². The standard InChI is InChI=1S/C22H36O6P2/c1-8-20(4,5)17-10-16(3)11-18(21(6,7)9-2)19(17)28-30-26-14-22(15-27-30)12-24-29(23)25-13-22/h10-11,23H,8-9,12-15H2,1-7H3. The van der Waals surface area contributed by atoms with Gasteiger partial charge in [-0.05, 0) is 30.6 Å². The van der Waals surface area contributed by atoms with Crippen LogP contribution in [0.1, 0.15) is 71.1 Å². The molecule has 0 radical (unpaired) electrons. The largest absolute Gasteiger partial charge is 0.426 e. The van der Waals surface area contributed by atoms with Crippen LogP contribution in [0.5, 0.6) is 5.75 Å². The second kappa shape index (κ2) is 9.27. The molecule has 3 rings (SSSR count). The van der Waals surface area contributed by atoms with Crippen LogP contribution in [0.2, 0.25) is 0 Å². The normalized spacial score (nSPS) is 28.0. The van der Waals surface area contributed by atoms with Gasteiger partial charge in [0.15, 0.2) is 0 Å². The van der Waals surface area contributed by atoms with Gasteiger partial charge in [0.2, 0.25) is 0 Å². The second-order valence-electron chi connectivity index (χ2n) is 9.81. The number of benzene rings is 1. The maximum Gasteiger partial charge on any atom is 0.397 e. The molecule has 0 aromatic heterocycles. The first-order chi connectivity index (χ1) is 14.0. The lowest BCUT2D eigenvalue weighted by Gasteiger charge is -2.41. The SMILES string of the molecule is CCC(C)(C)c1cc(C)cc(C(C)(C)CC)c1OP1OCC2(COP(O)OC2)CO1. The molecule has 30 heavy (non-hydrogen) atoms. The van der Waals surface area contributed by atoms with E-state index in [2.05, 4.69) is 60.6 Å². The van der Waals surface area contributed by atoms with Crippen LogP contribution in [0.15, 0.2) is 12.1 Å². The van der Waals surface area contributed by atoms with E-state index >= 15 is 0 Å². The Balaban J connectivity index is 1.88. The average Bonchev–Trinajstić information content (AvgIpc) is 2.72. The van der Waals surface area contributed by atoms with Crippen LogP contribution in [0, 0.1) is 12.3 Å². The summed E-state index contributed by atoms with van der Waals surface area (Å²) in [4.78, 5) is 9.47. The summed E-state index contributed by atoms with van der Waals surface area (Å²) in [5.74, 6) is 0.899. The second-order valence-corrected chi connectivity index (χ2v) is 11.9. The number of hydrogen-bond donors (Lipinski definition) is 1. The van der Waals surface area contributed by atoms with Crippen molar-refractivity contribution in [2.24, 2.45) is 5.41 Å². The summed E-state index contributed by atoms with van der Waals surface area (Å²) in [6.45, 7) is 17.2. The minimum Gasteiger partial charge on any atom is -0.426 e. The highest BCUT2D eigenvalue weighted by Crippen LogP contribution is 2.54. The molecule has 1 spiro atoms. The molecule has 2 aliphatic heterocycles. The van der Waals surface area contributed by atoms with E-state index in [0.29, 0.717) is 26.4 Å². The molecule has 0 aliphatic carbocycles. The molecule has 0 saturated carbocycles. The van der Waals surface area contributed by atoms with Crippen LogP contribution >= 0.6 is 17.2 Å². The number of hydrogen-bond acceptors (Lipinski definition) is 6. The lowest BCUT2D eigenvalue weighted by atomic mass is 9.75. The Bertz CT molecular complexity index is 696. The van der Waals surface area contributed by atoms with Gasteiger partial charge in [0.25, 0.3) is 0 Å². The molecule has 2 fully saturated rings. The van der Waals surface area contributed by atoms with E-state index in [1.54, 1.807) is 0 Å². The summed E-state index contributed by atoms with van der Waals surface area (Å²) in [6, 6.07) is 4.47. The van der Waals surface area contributed by atoms with Gasteiger partial charge >= 0.3 is 17.2 Å². The molecule has 6 nitrogen and oxygen atoms in total. The van der Waals surface area contributed by atoms with Crippen LogP contribution in [0.4, 0.5) is 0 Å². The highest BCUT2D eigenvalue weighted by atomic mass is 31.2. The fourth-order valence-corrected chi connectivity index (χ4v) is 5.60. The molecule has 0 amide bonds. The van der Waals surface area contributed by atoms with Crippen molar-refractivity contribution in [3.63, 3.8) is 0 Å². The molecule has 2 aliphatic rings. The molecular formula is C22H36O6P2. The van der Waals surface area contributed by atoms with Gasteiger partial charge in [0, 0.05) is 11.1 Å². The Morgan fingerprint density at radius 2 is 1.33 bits per heavy atom. The molecule has 170 valence electrons. The summed E-state index contributed by atoms with van der Waals surface area (Å²) >= 11 is 0. The quantitative estimate of drug-likeness (QED) is 0.507. The van der Waals surface area contributed by atoms with Crippen molar-refractivity contribution in [2.75, 3.05) is 26.4 Å². The zero-order valence-electron chi connectivity index (χ0n) is 19.3. The van der Waals surface area contributed by atoms with Gasteiger partial charge in [0.1, 0.15) is 5.75 Å². The van der Waals surface area contributed by atoms with Crippen molar-refractivity contribution < 1.29 is 27.5 Å². The third-order valence-corrected chi connectivity index (χ3v) is 8.25. The first kappa shape index (κ1) is 24.3. The molecule has 1 aromatic rings. The van der Waals surface area contributed by atoms with Crippen molar-refractivity contribution in [3.05, 3.63) is 28.8 Å². The molecule has 2 heterocycles. The third kappa shape index (κ3) is 5.18. The first-order valence-electron chi connectivity index (χ1n) is 10.7. The highest BCUT2D eigenvalue weighted by Gasteiger charge is 2.44. The van der Waals surface area contributed by atoms with Crippen LogP contribution in [-0.2, 0) is 28.9 Å². The van der Waals surface area contributed by atoms with Crippen LogP contribution in [-0.4, -0.2) is 31.3 Å². The maximum absolute atomic E-state index is 9.47. The van der Waals surface area contributed by atoms with E-state index in [1.165, 1.54) is 16.7 Å². The van der Waals surface area contributed by atoms with Crippen molar-refractivity contribution in [2.45, 2.75) is 72.1 Å². The van der Waals surface area contributed by atoms with E-state index in [9.17, 15) is 4.89 Å². The van der Waals surface area contributed by atoms with Crippen LogP contribution < -0.4 is 4.52 Å². The van der Waals surface area contributed by atoms with Gasteiger partial charge in [-0.3, -0.25) is 0 Å². The van der Waals surface area contributed by atoms with E-state index in [1.807, 2.05) is 0 Å². The average molecular weight is 458 g/mol. The van der Waals surface area contributed by atoms with Gasteiger partial charge in [-0.2, -0.15) is 0 Å². The van der Waals surface area contributed by atoms with E-state index < -0.39 is 17.2 Å². The Morgan fingerprint density at radius 3 is 1.77 bits per heavy atom. The summed E-state index contributed by atoms with van der Waals surface area (Å²) in [5.41, 5.74) is 3.20. The predicted octanol–water partition coefficient (Wildman–Crippen LogP) is 6.28. The molecule has 1 N–H and O–H groups in total.